The standard InChI is InChI=1S/C19H17Cl2N3/c1-12-6-7-14(11-17(12)21)24-19-15(8-9-22-19)18(23-24)10-13-4-2-3-5-16(13)20/h2-7,11,22H,8-10H2,1H3. The van der Waals surface area contributed by atoms with Crippen molar-refractivity contribution in [3.63, 3.8) is 0 Å². The third-order valence-electron chi connectivity index (χ3n) is 4.45. The monoisotopic (exact) mass is 357 g/mol. The summed E-state index contributed by atoms with van der Waals surface area (Å²) < 4.78 is 1.96. The van der Waals surface area contributed by atoms with Gasteiger partial charge in [-0.05, 0) is 42.7 Å². The molecule has 0 radical (unpaired) electrons. The van der Waals surface area contributed by atoms with E-state index in [4.69, 9.17) is 28.3 Å². The Bertz CT molecular complexity index is 915. The van der Waals surface area contributed by atoms with E-state index in [1.54, 1.807) is 0 Å². The molecule has 2 heterocycles. The van der Waals surface area contributed by atoms with E-state index in [2.05, 4.69) is 11.4 Å². The summed E-state index contributed by atoms with van der Waals surface area (Å²) >= 11 is 12.6. The minimum atomic E-state index is 0.732. The Kier molecular flexibility index (Phi) is 3.99. The maximum atomic E-state index is 6.32. The van der Waals surface area contributed by atoms with Gasteiger partial charge in [-0.25, -0.2) is 4.68 Å². The molecule has 0 fully saturated rings. The van der Waals surface area contributed by atoms with E-state index < -0.39 is 0 Å². The topological polar surface area (TPSA) is 29.9 Å². The van der Waals surface area contributed by atoms with Crippen LogP contribution in [-0.4, -0.2) is 16.3 Å². The molecule has 0 spiro atoms. The highest BCUT2D eigenvalue weighted by molar-refractivity contribution is 6.31. The average Bonchev–Trinajstić information content (AvgIpc) is 3.16. The van der Waals surface area contributed by atoms with Crippen molar-refractivity contribution >= 4 is 29.0 Å². The second-order valence-electron chi connectivity index (χ2n) is 6.06. The van der Waals surface area contributed by atoms with E-state index in [-0.39, 0.29) is 0 Å². The molecule has 1 aromatic heterocycles. The van der Waals surface area contributed by atoms with Gasteiger partial charge in [0.15, 0.2) is 0 Å². The number of nitrogens with one attached hydrogen (secondary N) is 1. The van der Waals surface area contributed by atoms with Gasteiger partial charge in [0.25, 0.3) is 0 Å². The van der Waals surface area contributed by atoms with E-state index in [9.17, 15) is 0 Å². The Morgan fingerprint density at radius 3 is 2.75 bits per heavy atom. The largest absolute Gasteiger partial charge is 0.369 e. The van der Waals surface area contributed by atoms with Crippen LogP contribution < -0.4 is 5.32 Å². The lowest BCUT2D eigenvalue weighted by Crippen LogP contribution is -2.05. The number of fused-ring (bicyclic) bond motifs is 1. The van der Waals surface area contributed by atoms with Crippen LogP contribution in [0.1, 0.15) is 22.4 Å². The molecule has 0 aliphatic carbocycles. The number of aromatic nitrogens is 2. The van der Waals surface area contributed by atoms with Crippen LogP contribution in [0.5, 0.6) is 0 Å². The molecule has 5 heteroatoms. The van der Waals surface area contributed by atoms with Gasteiger partial charge < -0.3 is 5.32 Å². The second kappa shape index (κ2) is 6.15. The number of anilines is 1. The molecule has 0 unspecified atom stereocenters. The van der Waals surface area contributed by atoms with Crippen LogP contribution in [-0.2, 0) is 12.8 Å². The summed E-state index contributed by atoms with van der Waals surface area (Å²) in [6, 6.07) is 14.0. The summed E-state index contributed by atoms with van der Waals surface area (Å²) in [5.74, 6) is 1.07. The highest BCUT2D eigenvalue weighted by Crippen LogP contribution is 2.32. The van der Waals surface area contributed by atoms with E-state index in [1.165, 1.54) is 5.56 Å². The first-order valence-electron chi connectivity index (χ1n) is 7.98. The van der Waals surface area contributed by atoms with Crippen LogP contribution in [0.25, 0.3) is 5.69 Å². The summed E-state index contributed by atoms with van der Waals surface area (Å²) in [6.07, 6.45) is 1.71. The zero-order valence-corrected chi connectivity index (χ0v) is 14.8. The zero-order valence-electron chi connectivity index (χ0n) is 13.3. The van der Waals surface area contributed by atoms with E-state index in [0.29, 0.717) is 0 Å². The molecule has 0 saturated heterocycles. The van der Waals surface area contributed by atoms with Crippen molar-refractivity contribution in [3.8, 4) is 5.69 Å². The summed E-state index contributed by atoms with van der Waals surface area (Å²) in [5, 5.41) is 9.83. The predicted molar refractivity (Wildman–Crippen MR) is 99.8 cm³/mol. The van der Waals surface area contributed by atoms with Gasteiger partial charge in [-0.1, -0.05) is 47.5 Å². The maximum absolute atomic E-state index is 6.32. The summed E-state index contributed by atoms with van der Waals surface area (Å²) in [7, 11) is 0. The lowest BCUT2D eigenvalue weighted by atomic mass is 10.1. The van der Waals surface area contributed by atoms with Crippen molar-refractivity contribution in [2.24, 2.45) is 0 Å². The third kappa shape index (κ3) is 2.68. The van der Waals surface area contributed by atoms with Gasteiger partial charge in [0.1, 0.15) is 5.82 Å². The maximum Gasteiger partial charge on any atom is 0.133 e. The van der Waals surface area contributed by atoms with Gasteiger partial charge in [0, 0.05) is 28.6 Å². The molecule has 0 saturated carbocycles. The molecule has 0 atom stereocenters. The minimum absolute atomic E-state index is 0.732. The van der Waals surface area contributed by atoms with Crippen LogP contribution in [0.15, 0.2) is 42.5 Å². The first-order chi connectivity index (χ1) is 11.6. The molecule has 1 N–H and O–H groups in total. The number of halogens is 2. The van der Waals surface area contributed by atoms with E-state index in [1.807, 2.05) is 48.0 Å². The van der Waals surface area contributed by atoms with Gasteiger partial charge in [-0.2, -0.15) is 5.10 Å². The summed E-state index contributed by atoms with van der Waals surface area (Å²) in [4.78, 5) is 0. The van der Waals surface area contributed by atoms with Crippen molar-refractivity contribution in [1.82, 2.24) is 9.78 Å². The smallest absolute Gasteiger partial charge is 0.133 e. The fourth-order valence-corrected chi connectivity index (χ4v) is 3.49. The minimum Gasteiger partial charge on any atom is -0.369 e. The molecule has 122 valence electrons. The van der Waals surface area contributed by atoms with Gasteiger partial charge in [0.2, 0.25) is 0 Å². The van der Waals surface area contributed by atoms with Gasteiger partial charge in [-0.3, -0.25) is 0 Å². The molecular weight excluding hydrogens is 341 g/mol. The van der Waals surface area contributed by atoms with Crippen LogP contribution in [0.4, 0.5) is 5.82 Å². The van der Waals surface area contributed by atoms with Crippen molar-refractivity contribution < 1.29 is 0 Å². The van der Waals surface area contributed by atoms with Crippen LogP contribution in [0.3, 0.4) is 0 Å². The predicted octanol–water partition coefficient (Wildman–Crippen LogP) is 5.05. The fraction of sp³-hybridized carbons (Fsp3) is 0.211. The molecule has 3 aromatic rings. The van der Waals surface area contributed by atoms with Crippen molar-refractivity contribution in [2.75, 3.05) is 11.9 Å². The summed E-state index contributed by atoms with van der Waals surface area (Å²) in [5.41, 5.74) is 5.47. The number of hydrogen-bond donors (Lipinski definition) is 1. The van der Waals surface area contributed by atoms with Crippen LogP contribution in [0, 0.1) is 6.92 Å². The van der Waals surface area contributed by atoms with Gasteiger partial charge >= 0.3 is 0 Å². The van der Waals surface area contributed by atoms with Crippen LogP contribution >= 0.6 is 23.2 Å². The Hall–Kier alpha value is -1.97. The molecule has 2 aromatic carbocycles. The second-order valence-corrected chi connectivity index (χ2v) is 6.88. The quantitative estimate of drug-likeness (QED) is 0.710. The number of rotatable bonds is 3. The molecule has 0 amide bonds. The summed E-state index contributed by atoms with van der Waals surface area (Å²) in [6.45, 7) is 2.93. The number of aryl methyl sites for hydroxylation is 1. The molecule has 24 heavy (non-hydrogen) atoms. The normalized spacial score (nSPS) is 13.0. The van der Waals surface area contributed by atoms with E-state index in [0.717, 1.165) is 57.8 Å². The van der Waals surface area contributed by atoms with Gasteiger partial charge in [0.05, 0.1) is 11.4 Å². The molecule has 4 rings (SSSR count). The SMILES string of the molecule is Cc1ccc(-n2nc(Cc3ccccc3Cl)c3c2NCC3)cc1Cl. The van der Waals surface area contributed by atoms with Crippen molar-refractivity contribution in [1.29, 1.82) is 0 Å². The average molecular weight is 358 g/mol. The van der Waals surface area contributed by atoms with Crippen LogP contribution in [0.2, 0.25) is 10.0 Å². The Morgan fingerprint density at radius 1 is 1.12 bits per heavy atom. The lowest BCUT2D eigenvalue weighted by molar-refractivity contribution is 0.839. The first-order valence-corrected chi connectivity index (χ1v) is 8.73. The Morgan fingerprint density at radius 2 is 1.96 bits per heavy atom. The fourth-order valence-electron chi connectivity index (χ4n) is 3.11. The van der Waals surface area contributed by atoms with Crippen molar-refractivity contribution in [2.45, 2.75) is 19.8 Å². The molecule has 1 aliphatic heterocycles. The number of benzene rings is 2. The third-order valence-corrected chi connectivity index (χ3v) is 5.23. The Labute approximate surface area is 151 Å². The van der Waals surface area contributed by atoms with Crippen molar-refractivity contribution in [3.05, 3.63) is 74.9 Å². The highest BCUT2D eigenvalue weighted by atomic mass is 35.5. The number of nitrogens with zero attached hydrogens (tertiary/aromatic N) is 2. The molecule has 3 nitrogen and oxygen atoms in total. The number of hydrogen-bond acceptors (Lipinski definition) is 2. The van der Waals surface area contributed by atoms with Gasteiger partial charge in [-0.15, -0.1) is 0 Å². The molecule has 1 aliphatic rings. The van der Waals surface area contributed by atoms with E-state index >= 15 is 0 Å². The molecular formula is C19H17Cl2N3. The zero-order chi connectivity index (χ0) is 16.7. The lowest BCUT2D eigenvalue weighted by Gasteiger charge is -2.08. The first kappa shape index (κ1) is 15.6. The Balaban J connectivity index is 1.77. The molecule has 0 bridgehead atoms. The highest BCUT2D eigenvalue weighted by Gasteiger charge is 2.23.